The molecule has 0 saturated heterocycles. The minimum atomic E-state index is 0.0226. The van der Waals surface area contributed by atoms with Gasteiger partial charge in [0.05, 0.1) is 16.5 Å². The highest BCUT2D eigenvalue weighted by atomic mass is 32.1. The van der Waals surface area contributed by atoms with Crippen LogP contribution in [0.4, 0.5) is 0 Å². The molecule has 3 nitrogen and oxygen atoms in total. The van der Waals surface area contributed by atoms with Gasteiger partial charge in [0.15, 0.2) is 0 Å². The number of nitrogens with zero attached hydrogens (tertiary/aromatic N) is 2. The molecule has 1 heterocycles. The maximum atomic E-state index is 12.0. The summed E-state index contributed by atoms with van der Waals surface area (Å²) in [5.74, 6) is 0.0226. The first-order valence-corrected chi connectivity index (χ1v) is 6.36. The van der Waals surface area contributed by atoms with Gasteiger partial charge in [-0.05, 0) is 29.1 Å². The van der Waals surface area contributed by atoms with Gasteiger partial charge in [0.1, 0.15) is 0 Å². The van der Waals surface area contributed by atoms with Gasteiger partial charge in [-0.1, -0.05) is 18.2 Å². The normalized spacial score (nSPS) is 9.78. The van der Waals surface area contributed by atoms with Crippen LogP contribution in [0, 0.1) is 11.3 Å². The Morgan fingerprint density at radius 1 is 1.33 bits per heavy atom. The van der Waals surface area contributed by atoms with E-state index < -0.39 is 0 Å². The Labute approximate surface area is 110 Å². The number of rotatable bonds is 3. The number of nitriles is 1. The molecule has 4 heteroatoms. The second kappa shape index (κ2) is 5.48. The molecule has 0 unspecified atom stereocenters. The van der Waals surface area contributed by atoms with Crippen molar-refractivity contribution in [1.29, 1.82) is 5.26 Å². The lowest BCUT2D eigenvalue weighted by Gasteiger charge is -2.16. The third kappa shape index (κ3) is 2.76. The Kier molecular flexibility index (Phi) is 3.75. The van der Waals surface area contributed by atoms with Gasteiger partial charge in [-0.2, -0.15) is 5.26 Å². The van der Waals surface area contributed by atoms with Crippen molar-refractivity contribution in [2.24, 2.45) is 0 Å². The molecule has 0 fully saturated rings. The fourth-order valence-corrected chi connectivity index (χ4v) is 2.34. The molecular formula is C14H12N2OS. The summed E-state index contributed by atoms with van der Waals surface area (Å²) in [6.07, 6.45) is 0. The first-order valence-electron chi connectivity index (χ1n) is 5.48. The molecule has 2 rings (SSSR count). The maximum absolute atomic E-state index is 12.0. The van der Waals surface area contributed by atoms with Crippen molar-refractivity contribution in [3.8, 4) is 6.07 Å². The summed E-state index contributed by atoms with van der Waals surface area (Å²) in [6, 6.07) is 13.0. The number of carbonyl (C=O) groups is 1. The van der Waals surface area contributed by atoms with E-state index >= 15 is 0 Å². The molecule has 1 aromatic carbocycles. The van der Waals surface area contributed by atoms with Crippen molar-refractivity contribution in [2.75, 3.05) is 7.05 Å². The highest BCUT2D eigenvalue weighted by molar-refractivity contribution is 7.12. The molecule has 1 aromatic heterocycles. The average molecular weight is 256 g/mol. The van der Waals surface area contributed by atoms with Crippen molar-refractivity contribution in [3.63, 3.8) is 0 Å². The topological polar surface area (TPSA) is 44.1 Å². The zero-order valence-corrected chi connectivity index (χ0v) is 10.8. The number of hydrogen-bond acceptors (Lipinski definition) is 3. The van der Waals surface area contributed by atoms with Gasteiger partial charge in [-0.15, -0.1) is 11.3 Å². The van der Waals surface area contributed by atoms with E-state index in [1.807, 2.05) is 29.6 Å². The molecule has 2 aromatic rings. The van der Waals surface area contributed by atoms with Crippen molar-refractivity contribution >= 4 is 17.2 Å². The second-order valence-electron chi connectivity index (χ2n) is 3.95. The molecule has 0 atom stereocenters. The molecule has 0 bridgehead atoms. The third-order valence-corrected chi connectivity index (χ3v) is 3.44. The van der Waals surface area contributed by atoms with Gasteiger partial charge in [0.2, 0.25) is 0 Å². The second-order valence-corrected chi connectivity index (χ2v) is 4.89. The smallest absolute Gasteiger partial charge is 0.263 e. The number of benzene rings is 1. The molecule has 0 N–H and O–H groups in total. The van der Waals surface area contributed by atoms with Crippen LogP contribution in [0.15, 0.2) is 41.8 Å². The summed E-state index contributed by atoms with van der Waals surface area (Å²) in [5, 5.41) is 10.6. The lowest BCUT2D eigenvalue weighted by Crippen LogP contribution is -2.25. The van der Waals surface area contributed by atoms with Crippen LogP contribution in [0.1, 0.15) is 20.8 Å². The summed E-state index contributed by atoms with van der Waals surface area (Å²) in [7, 11) is 1.78. The fraction of sp³-hybridized carbons (Fsp3) is 0.143. The fourth-order valence-electron chi connectivity index (χ4n) is 1.62. The quantitative estimate of drug-likeness (QED) is 0.847. The number of thiophene rings is 1. The van der Waals surface area contributed by atoms with Crippen LogP contribution in [0.25, 0.3) is 0 Å². The van der Waals surface area contributed by atoms with Gasteiger partial charge < -0.3 is 4.90 Å². The molecular weight excluding hydrogens is 244 g/mol. The van der Waals surface area contributed by atoms with E-state index in [2.05, 4.69) is 6.07 Å². The summed E-state index contributed by atoms with van der Waals surface area (Å²) >= 11 is 1.44. The van der Waals surface area contributed by atoms with Crippen molar-refractivity contribution in [1.82, 2.24) is 4.90 Å². The van der Waals surface area contributed by atoms with Crippen LogP contribution in [0.5, 0.6) is 0 Å². The molecule has 0 radical (unpaired) electrons. The van der Waals surface area contributed by atoms with Crippen LogP contribution in [0.2, 0.25) is 0 Å². The van der Waals surface area contributed by atoms with E-state index in [-0.39, 0.29) is 5.91 Å². The Morgan fingerprint density at radius 2 is 2.06 bits per heavy atom. The Bertz CT molecular complexity index is 567. The first-order chi connectivity index (χ1) is 8.70. The minimum Gasteiger partial charge on any atom is -0.337 e. The van der Waals surface area contributed by atoms with Crippen LogP contribution in [-0.2, 0) is 6.54 Å². The van der Waals surface area contributed by atoms with Crippen LogP contribution >= 0.6 is 11.3 Å². The van der Waals surface area contributed by atoms with Gasteiger partial charge in [-0.3, -0.25) is 4.79 Å². The van der Waals surface area contributed by atoms with Crippen molar-refractivity contribution < 1.29 is 4.79 Å². The number of hydrogen-bond donors (Lipinski definition) is 0. The maximum Gasteiger partial charge on any atom is 0.263 e. The van der Waals surface area contributed by atoms with E-state index in [1.165, 1.54) is 11.3 Å². The summed E-state index contributed by atoms with van der Waals surface area (Å²) in [5.41, 5.74) is 1.65. The highest BCUT2D eigenvalue weighted by Crippen LogP contribution is 2.13. The van der Waals surface area contributed by atoms with Crippen molar-refractivity contribution in [3.05, 3.63) is 57.8 Å². The third-order valence-electron chi connectivity index (χ3n) is 2.58. The first kappa shape index (κ1) is 12.3. The molecule has 1 amide bonds. The Hall–Kier alpha value is -2.12. The molecule has 0 aliphatic heterocycles. The Morgan fingerprint density at radius 3 is 2.61 bits per heavy atom. The standard InChI is InChI=1S/C14H12N2OS/c1-16(14(17)13-3-2-8-18-13)10-12-6-4-11(9-15)5-7-12/h2-8H,10H2,1H3. The van der Waals surface area contributed by atoms with Crippen LogP contribution in [-0.4, -0.2) is 17.9 Å². The van der Waals surface area contributed by atoms with Crippen LogP contribution in [0.3, 0.4) is 0 Å². The number of amides is 1. The van der Waals surface area contributed by atoms with E-state index in [4.69, 9.17) is 5.26 Å². The van der Waals surface area contributed by atoms with E-state index in [0.29, 0.717) is 12.1 Å². The summed E-state index contributed by atoms with van der Waals surface area (Å²) < 4.78 is 0. The van der Waals surface area contributed by atoms with Gasteiger partial charge in [0, 0.05) is 13.6 Å². The van der Waals surface area contributed by atoms with E-state index in [9.17, 15) is 4.79 Å². The lowest BCUT2D eigenvalue weighted by molar-refractivity contribution is 0.0790. The zero-order valence-electron chi connectivity index (χ0n) is 9.96. The summed E-state index contributed by atoms with van der Waals surface area (Å²) in [4.78, 5) is 14.4. The Balaban J connectivity index is 2.05. The molecule has 0 aliphatic carbocycles. The monoisotopic (exact) mass is 256 g/mol. The van der Waals surface area contributed by atoms with Gasteiger partial charge >= 0.3 is 0 Å². The summed E-state index contributed by atoms with van der Waals surface area (Å²) in [6.45, 7) is 0.544. The zero-order chi connectivity index (χ0) is 13.0. The van der Waals surface area contributed by atoms with E-state index in [0.717, 1.165) is 10.4 Å². The van der Waals surface area contributed by atoms with Crippen molar-refractivity contribution in [2.45, 2.75) is 6.54 Å². The molecule has 0 aliphatic rings. The molecule has 0 saturated carbocycles. The average Bonchev–Trinajstić information content (AvgIpc) is 2.92. The predicted octanol–water partition coefficient (Wildman–Crippen LogP) is 2.89. The largest absolute Gasteiger partial charge is 0.337 e. The van der Waals surface area contributed by atoms with Crippen LogP contribution < -0.4 is 0 Å². The molecule has 0 spiro atoms. The van der Waals surface area contributed by atoms with E-state index in [1.54, 1.807) is 24.1 Å². The van der Waals surface area contributed by atoms with Gasteiger partial charge in [-0.25, -0.2) is 0 Å². The molecule has 90 valence electrons. The minimum absolute atomic E-state index is 0.0226. The SMILES string of the molecule is CN(Cc1ccc(C#N)cc1)C(=O)c1cccs1. The predicted molar refractivity (Wildman–Crippen MR) is 71.3 cm³/mol. The number of carbonyl (C=O) groups excluding carboxylic acids is 1. The molecule has 18 heavy (non-hydrogen) atoms. The van der Waals surface area contributed by atoms with Gasteiger partial charge in [0.25, 0.3) is 5.91 Å². The lowest BCUT2D eigenvalue weighted by atomic mass is 10.1. The highest BCUT2D eigenvalue weighted by Gasteiger charge is 2.12.